The number of nitrogens with zero attached hydrogens (tertiary/aromatic N) is 2. The zero-order valence-electron chi connectivity index (χ0n) is 13.6. The van der Waals surface area contributed by atoms with Crippen molar-refractivity contribution in [2.45, 2.75) is 59.7 Å². The summed E-state index contributed by atoms with van der Waals surface area (Å²) >= 11 is 3.62. The quantitative estimate of drug-likeness (QED) is 0.725. The highest BCUT2D eigenvalue weighted by atomic mass is 79.9. The Hall–Kier alpha value is -0.880. The van der Waals surface area contributed by atoms with Gasteiger partial charge in [0.25, 0.3) is 0 Å². The maximum Gasteiger partial charge on any atom is 0.322 e. The number of hydrogen-bond acceptors (Lipinski definition) is 4. The third-order valence-electron chi connectivity index (χ3n) is 3.40. The molecule has 1 rings (SSSR count). The number of rotatable bonds is 8. The SMILES string of the molecule is CCc1nn(CC)c(CNC(CC(C)C)C(=O)OC)c1Br. The Kier molecular flexibility index (Phi) is 7.39. The molecule has 0 bridgehead atoms. The number of aromatic nitrogens is 2. The van der Waals surface area contributed by atoms with Gasteiger partial charge >= 0.3 is 5.97 Å². The standard InChI is InChI=1S/C15H26BrN3O2/c1-6-11-14(16)13(19(7-2)18-11)9-17-12(8-10(3)4)15(20)21-5/h10,12,17H,6-9H2,1-5H3. The number of halogens is 1. The predicted molar refractivity (Wildman–Crippen MR) is 87.1 cm³/mol. The summed E-state index contributed by atoms with van der Waals surface area (Å²) in [5, 5.41) is 7.87. The molecule has 5 nitrogen and oxygen atoms in total. The van der Waals surface area contributed by atoms with Gasteiger partial charge in [0.2, 0.25) is 0 Å². The van der Waals surface area contributed by atoms with Gasteiger partial charge in [-0.3, -0.25) is 14.8 Å². The molecule has 0 radical (unpaired) electrons. The van der Waals surface area contributed by atoms with Crippen molar-refractivity contribution in [2.75, 3.05) is 7.11 Å². The van der Waals surface area contributed by atoms with Crippen molar-refractivity contribution in [1.29, 1.82) is 0 Å². The number of aryl methyl sites for hydroxylation is 2. The van der Waals surface area contributed by atoms with E-state index in [9.17, 15) is 4.79 Å². The van der Waals surface area contributed by atoms with Crippen molar-refractivity contribution in [1.82, 2.24) is 15.1 Å². The lowest BCUT2D eigenvalue weighted by Crippen LogP contribution is -2.38. The van der Waals surface area contributed by atoms with Gasteiger partial charge in [0.05, 0.1) is 23.0 Å². The van der Waals surface area contributed by atoms with E-state index in [2.05, 4.69) is 54.0 Å². The van der Waals surface area contributed by atoms with Crippen molar-refractivity contribution in [3.8, 4) is 0 Å². The summed E-state index contributed by atoms with van der Waals surface area (Å²) in [5.41, 5.74) is 2.12. The lowest BCUT2D eigenvalue weighted by Gasteiger charge is -2.18. The fourth-order valence-electron chi connectivity index (χ4n) is 2.28. The smallest absolute Gasteiger partial charge is 0.322 e. The summed E-state index contributed by atoms with van der Waals surface area (Å²) in [6, 6.07) is -0.285. The van der Waals surface area contributed by atoms with Gasteiger partial charge in [-0.15, -0.1) is 0 Å². The Balaban J connectivity index is 2.84. The molecule has 0 fully saturated rings. The van der Waals surface area contributed by atoms with Gasteiger partial charge in [-0.25, -0.2) is 0 Å². The van der Waals surface area contributed by atoms with Crippen molar-refractivity contribution in [3.63, 3.8) is 0 Å². The molecule has 1 N–H and O–H groups in total. The van der Waals surface area contributed by atoms with E-state index < -0.39 is 0 Å². The first kappa shape index (κ1) is 18.2. The van der Waals surface area contributed by atoms with Crippen LogP contribution in [0.25, 0.3) is 0 Å². The molecule has 120 valence electrons. The van der Waals surface area contributed by atoms with Crippen LogP contribution in [0.1, 0.15) is 45.5 Å². The van der Waals surface area contributed by atoms with Crippen LogP contribution in [-0.4, -0.2) is 28.9 Å². The highest BCUT2D eigenvalue weighted by molar-refractivity contribution is 9.10. The van der Waals surface area contributed by atoms with Crippen molar-refractivity contribution in [2.24, 2.45) is 5.92 Å². The molecule has 0 aliphatic rings. The van der Waals surface area contributed by atoms with E-state index in [1.807, 2.05) is 4.68 Å². The van der Waals surface area contributed by atoms with Crippen LogP contribution in [0.15, 0.2) is 4.47 Å². The third-order valence-corrected chi connectivity index (χ3v) is 4.32. The second-order valence-corrected chi connectivity index (χ2v) is 6.26. The molecule has 6 heteroatoms. The topological polar surface area (TPSA) is 56.2 Å². The molecule has 0 saturated carbocycles. The number of nitrogens with one attached hydrogen (secondary N) is 1. The number of ether oxygens (including phenoxy) is 1. The fraction of sp³-hybridized carbons (Fsp3) is 0.733. The van der Waals surface area contributed by atoms with E-state index in [0.717, 1.165) is 35.2 Å². The maximum atomic E-state index is 11.9. The number of esters is 1. The van der Waals surface area contributed by atoms with Crippen molar-refractivity contribution < 1.29 is 9.53 Å². The minimum atomic E-state index is -0.285. The van der Waals surface area contributed by atoms with E-state index >= 15 is 0 Å². The Bertz CT molecular complexity index is 472. The van der Waals surface area contributed by atoms with Crippen LogP contribution >= 0.6 is 15.9 Å². The molecule has 0 aliphatic carbocycles. The average Bonchev–Trinajstić information content (AvgIpc) is 2.77. The van der Waals surface area contributed by atoms with E-state index in [1.165, 1.54) is 7.11 Å². The molecule has 0 amide bonds. The van der Waals surface area contributed by atoms with Crippen molar-refractivity contribution in [3.05, 3.63) is 15.9 Å². The van der Waals surface area contributed by atoms with Gasteiger partial charge in [0.15, 0.2) is 0 Å². The van der Waals surface area contributed by atoms with Crippen molar-refractivity contribution >= 4 is 21.9 Å². The van der Waals surface area contributed by atoms with Crippen LogP contribution < -0.4 is 5.32 Å². The number of carbonyl (C=O) groups excluding carboxylic acids is 1. The predicted octanol–water partition coefficient (Wildman–Crippen LogP) is 2.91. The Morgan fingerprint density at radius 3 is 2.57 bits per heavy atom. The molecule has 0 aliphatic heterocycles. The van der Waals surface area contributed by atoms with E-state index in [4.69, 9.17) is 4.74 Å². The summed E-state index contributed by atoms with van der Waals surface area (Å²) in [6.07, 6.45) is 1.64. The molecular formula is C15H26BrN3O2. The van der Waals surface area contributed by atoms with Gasteiger partial charge in [-0.1, -0.05) is 20.8 Å². The molecule has 0 aromatic carbocycles. The van der Waals surface area contributed by atoms with Crippen LogP contribution in [0.2, 0.25) is 0 Å². The molecule has 1 aromatic heterocycles. The Morgan fingerprint density at radius 1 is 1.43 bits per heavy atom. The van der Waals surface area contributed by atoms with Crippen LogP contribution in [0.3, 0.4) is 0 Å². The van der Waals surface area contributed by atoms with E-state index in [1.54, 1.807) is 0 Å². The minimum absolute atomic E-state index is 0.210. The zero-order chi connectivity index (χ0) is 16.0. The summed E-state index contributed by atoms with van der Waals surface area (Å²) in [4.78, 5) is 11.9. The van der Waals surface area contributed by atoms with E-state index in [-0.39, 0.29) is 12.0 Å². The first-order valence-corrected chi connectivity index (χ1v) is 8.29. The Morgan fingerprint density at radius 2 is 2.10 bits per heavy atom. The second kappa shape index (κ2) is 8.54. The van der Waals surface area contributed by atoms with Crippen LogP contribution in [0.5, 0.6) is 0 Å². The van der Waals surface area contributed by atoms with Crippen LogP contribution in [-0.2, 0) is 29.0 Å². The van der Waals surface area contributed by atoms with Gasteiger partial charge in [-0.05, 0) is 41.6 Å². The second-order valence-electron chi connectivity index (χ2n) is 5.46. The van der Waals surface area contributed by atoms with Gasteiger partial charge in [0.1, 0.15) is 6.04 Å². The summed E-state index contributed by atoms with van der Waals surface area (Å²) in [5.74, 6) is 0.213. The summed E-state index contributed by atoms with van der Waals surface area (Å²) in [7, 11) is 1.43. The number of carbonyl (C=O) groups is 1. The average molecular weight is 360 g/mol. The fourth-order valence-corrected chi connectivity index (χ4v) is 2.99. The monoisotopic (exact) mass is 359 g/mol. The zero-order valence-corrected chi connectivity index (χ0v) is 15.2. The molecule has 21 heavy (non-hydrogen) atoms. The van der Waals surface area contributed by atoms with Crippen LogP contribution in [0.4, 0.5) is 0 Å². The van der Waals surface area contributed by atoms with E-state index in [0.29, 0.717) is 12.5 Å². The summed E-state index contributed by atoms with van der Waals surface area (Å²) < 4.78 is 7.89. The molecule has 0 saturated heterocycles. The molecule has 1 unspecified atom stereocenters. The Labute approximate surface area is 135 Å². The molecule has 1 heterocycles. The van der Waals surface area contributed by atoms with Crippen LogP contribution in [0, 0.1) is 5.92 Å². The normalized spacial score (nSPS) is 12.7. The number of methoxy groups -OCH3 is 1. The lowest BCUT2D eigenvalue weighted by atomic mass is 10.0. The van der Waals surface area contributed by atoms with Gasteiger partial charge < -0.3 is 4.74 Å². The summed E-state index contributed by atoms with van der Waals surface area (Å²) in [6.45, 7) is 9.74. The molecule has 1 atom stereocenters. The van der Waals surface area contributed by atoms with Gasteiger partial charge in [0, 0.05) is 13.1 Å². The molecular weight excluding hydrogens is 334 g/mol. The largest absolute Gasteiger partial charge is 0.468 e. The van der Waals surface area contributed by atoms with Gasteiger partial charge in [-0.2, -0.15) is 5.10 Å². The first-order valence-electron chi connectivity index (χ1n) is 7.49. The highest BCUT2D eigenvalue weighted by Gasteiger charge is 2.22. The first-order chi connectivity index (χ1) is 9.94. The highest BCUT2D eigenvalue weighted by Crippen LogP contribution is 2.22. The lowest BCUT2D eigenvalue weighted by molar-refractivity contribution is -0.143. The minimum Gasteiger partial charge on any atom is -0.468 e. The third kappa shape index (κ3) is 4.81. The molecule has 1 aromatic rings. The molecule has 0 spiro atoms. The maximum absolute atomic E-state index is 11.9. The number of hydrogen-bond donors (Lipinski definition) is 1.